The second kappa shape index (κ2) is 4.47. The van der Waals surface area contributed by atoms with Gasteiger partial charge in [-0.25, -0.2) is 0 Å². The van der Waals surface area contributed by atoms with Crippen LogP contribution in [0.1, 0.15) is 23.5 Å². The molecule has 1 unspecified atom stereocenters. The van der Waals surface area contributed by atoms with E-state index in [9.17, 15) is 0 Å². The molecular weight excluding hydrogens is 274 g/mol. The van der Waals surface area contributed by atoms with E-state index < -0.39 is 0 Å². The average Bonchev–Trinajstić information content (AvgIpc) is 2.84. The third kappa shape index (κ3) is 2.14. The number of hydrogen-bond acceptors (Lipinski definition) is 3. The van der Waals surface area contributed by atoms with E-state index in [-0.39, 0.29) is 6.04 Å². The first-order valence-corrected chi connectivity index (χ1v) is 6.41. The number of rotatable bonds is 3. The number of aromatic nitrogens is 2. The van der Waals surface area contributed by atoms with Crippen LogP contribution in [0.15, 0.2) is 28.2 Å². The number of hydrogen-bond donors (Lipinski definition) is 1. The SMILES string of the molecule is CCn1nccc1C(N)c1cc(Br)cs1. The zero-order chi connectivity index (χ0) is 10.8. The minimum absolute atomic E-state index is 0.0799. The maximum Gasteiger partial charge on any atom is 0.0817 e. The summed E-state index contributed by atoms with van der Waals surface area (Å²) in [6.07, 6.45) is 1.79. The molecule has 0 bridgehead atoms. The van der Waals surface area contributed by atoms with E-state index in [4.69, 9.17) is 5.73 Å². The smallest absolute Gasteiger partial charge is 0.0817 e. The van der Waals surface area contributed by atoms with E-state index in [0.29, 0.717) is 0 Å². The molecule has 0 fully saturated rings. The molecule has 0 aromatic carbocycles. The molecule has 0 saturated carbocycles. The first-order chi connectivity index (χ1) is 7.22. The molecule has 0 aliphatic heterocycles. The largest absolute Gasteiger partial charge is 0.318 e. The molecular formula is C10H12BrN3S. The minimum Gasteiger partial charge on any atom is -0.318 e. The summed E-state index contributed by atoms with van der Waals surface area (Å²) < 4.78 is 3.01. The van der Waals surface area contributed by atoms with Gasteiger partial charge in [0.05, 0.1) is 11.7 Å². The van der Waals surface area contributed by atoms with Gasteiger partial charge < -0.3 is 5.73 Å². The number of thiophene rings is 1. The summed E-state index contributed by atoms with van der Waals surface area (Å²) in [5.41, 5.74) is 7.24. The maximum absolute atomic E-state index is 6.18. The minimum atomic E-state index is -0.0799. The summed E-state index contributed by atoms with van der Waals surface area (Å²) in [6, 6.07) is 3.95. The summed E-state index contributed by atoms with van der Waals surface area (Å²) >= 11 is 5.09. The van der Waals surface area contributed by atoms with Crippen LogP contribution in [0.5, 0.6) is 0 Å². The van der Waals surface area contributed by atoms with Gasteiger partial charge in [0.2, 0.25) is 0 Å². The molecule has 5 heteroatoms. The number of aryl methyl sites for hydroxylation is 1. The van der Waals surface area contributed by atoms with Crippen LogP contribution >= 0.6 is 27.3 Å². The zero-order valence-corrected chi connectivity index (χ0v) is 10.8. The lowest BCUT2D eigenvalue weighted by atomic mass is 10.2. The van der Waals surface area contributed by atoms with Gasteiger partial charge in [-0.1, -0.05) is 0 Å². The highest BCUT2D eigenvalue weighted by Gasteiger charge is 2.14. The number of halogens is 1. The lowest BCUT2D eigenvalue weighted by Crippen LogP contribution is -2.15. The molecule has 2 aromatic rings. The van der Waals surface area contributed by atoms with Gasteiger partial charge in [-0.3, -0.25) is 4.68 Å². The third-order valence-electron chi connectivity index (χ3n) is 2.26. The highest BCUT2D eigenvalue weighted by molar-refractivity contribution is 9.10. The molecule has 0 aliphatic rings. The summed E-state index contributed by atoms with van der Waals surface area (Å²) in [6.45, 7) is 2.91. The first kappa shape index (κ1) is 10.9. The van der Waals surface area contributed by atoms with Crippen molar-refractivity contribution in [2.24, 2.45) is 5.73 Å². The van der Waals surface area contributed by atoms with Gasteiger partial charge in [-0.2, -0.15) is 5.10 Å². The Kier molecular flexibility index (Phi) is 3.23. The van der Waals surface area contributed by atoms with E-state index >= 15 is 0 Å². The molecule has 0 aliphatic carbocycles. The van der Waals surface area contributed by atoms with E-state index in [0.717, 1.165) is 21.6 Å². The molecule has 2 rings (SSSR count). The van der Waals surface area contributed by atoms with Crippen LogP contribution in [0, 0.1) is 0 Å². The molecule has 2 heterocycles. The summed E-state index contributed by atoms with van der Waals surface area (Å²) in [5.74, 6) is 0. The highest BCUT2D eigenvalue weighted by atomic mass is 79.9. The van der Waals surface area contributed by atoms with E-state index in [1.165, 1.54) is 0 Å². The Bertz CT molecular complexity index is 449. The summed E-state index contributed by atoms with van der Waals surface area (Å²) in [7, 11) is 0. The number of nitrogens with two attached hydrogens (primary N) is 1. The van der Waals surface area contributed by atoms with Crippen LogP contribution in [-0.4, -0.2) is 9.78 Å². The molecule has 80 valence electrons. The number of nitrogens with zero attached hydrogens (tertiary/aromatic N) is 2. The van der Waals surface area contributed by atoms with Crippen molar-refractivity contribution in [2.75, 3.05) is 0 Å². The second-order valence-corrected chi connectivity index (χ2v) is 5.08. The quantitative estimate of drug-likeness (QED) is 0.943. The fourth-order valence-electron chi connectivity index (χ4n) is 1.51. The van der Waals surface area contributed by atoms with Gasteiger partial charge in [0.25, 0.3) is 0 Å². The predicted molar refractivity (Wildman–Crippen MR) is 66.0 cm³/mol. The molecule has 1 atom stereocenters. The molecule has 0 saturated heterocycles. The zero-order valence-electron chi connectivity index (χ0n) is 8.35. The summed E-state index contributed by atoms with van der Waals surface area (Å²) in [4.78, 5) is 1.15. The molecule has 0 amide bonds. The van der Waals surface area contributed by atoms with Gasteiger partial charge in [0.15, 0.2) is 0 Å². The summed E-state index contributed by atoms with van der Waals surface area (Å²) in [5, 5.41) is 6.26. The second-order valence-electron chi connectivity index (χ2n) is 3.22. The van der Waals surface area contributed by atoms with Crippen LogP contribution in [0.4, 0.5) is 0 Å². The van der Waals surface area contributed by atoms with E-state index in [2.05, 4.69) is 34.0 Å². The Hall–Kier alpha value is -0.650. The van der Waals surface area contributed by atoms with Crippen LogP contribution in [0.3, 0.4) is 0 Å². The van der Waals surface area contributed by atoms with Gasteiger partial charge in [0, 0.05) is 27.5 Å². The molecule has 2 aromatic heterocycles. The topological polar surface area (TPSA) is 43.8 Å². The Morgan fingerprint density at radius 2 is 2.47 bits per heavy atom. The Morgan fingerprint density at radius 3 is 3.07 bits per heavy atom. The predicted octanol–water partition coefficient (Wildman–Crippen LogP) is 2.78. The Balaban J connectivity index is 2.31. The van der Waals surface area contributed by atoms with Gasteiger partial charge in [-0.15, -0.1) is 11.3 Å². The molecule has 15 heavy (non-hydrogen) atoms. The fourth-order valence-corrected chi connectivity index (χ4v) is 2.97. The van der Waals surface area contributed by atoms with Crippen molar-refractivity contribution in [2.45, 2.75) is 19.5 Å². The van der Waals surface area contributed by atoms with E-state index in [1.807, 2.05) is 16.1 Å². The average molecular weight is 286 g/mol. The van der Waals surface area contributed by atoms with E-state index in [1.54, 1.807) is 17.5 Å². The highest BCUT2D eigenvalue weighted by Crippen LogP contribution is 2.28. The standard InChI is InChI=1S/C10H12BrN3S/c1-2-14-8(3-4-13-14)10(12)9-5-7(11)6-15-9/h3-6,10H,2,12H2,1H3. The van der Waals surface area contributed by atoms with Gasteiger partial charge >= 0.3 is 0 Å². The van der Waals surface area contributed by atoms with Crippen molar-refractivity contribution in [3.8, 4) is 0 Å². The van der Waals surface area contributed by atoms with Crippen molar-refractivity contribution >= 4 is 27.3 Å². The van der Waals surface area contributed by atoms with Gasteiger partial charge in [-0.05, 0) is 35.0 Å². The Labute approximate surface area is 101 Å². The van der Waals surface area contributed by atoms with Crippen LogP contribution in [0.25, 0.3) is 0 Å². The third-order valence-corrected chi connectivity index (χ3v) is 4.04. The first-order valence-electron chi connectivity index (χ1n) is 4.73. The van der Waals surface area contributed by atoms with Crippen molar-refractivity contribution < 1.29 is 0 Å². The van der Waals surface area contributed by atoms with Crippen LogP contribution in [-0.2, 0) is 6.54 Å². The molecule has 3 nitrogen and oxygen atoms in total. The monoisotopic (exact) mass is 285 g/mol. The molecule has 0 radical (unpaired) electrons. The molecule has 0 spiro atoms. The lowest BCUT2D eigenvalue weighted by molar-refractivity contribution is 0.603. The normalized spacial score (nSPS) is 13.0. The fraction of sp³-hybridized carbons (Fsp3) is 0.300. The van der Waals surface area contributed by atoms with Crippen molar-refractivity contribution in [1.29, 1.82) is 0 Å². The van der Waals surface area contributed by atoms with Crippen molar-refractivity contribution in [3.05, 3.63) is 38.8 Å². The van der Waals surface area contributed by atoms with Gasteiger partial charge in [0.1, 0.15) is 0 Å². The van der Waals surface area contributed by atoms with Crippen molar-refractivity contribution in [3.63, 3.8) is 0 Å². The molecule has 2 N–H and O–H groups in total. The van der Waals surface area contributed by atoms with Crippen LogP contribution in [0.2, 0.25) is 0 Å². The van der Waals surface area contributed by atoms with Crippen LogP contribution < -0.4 is 5.73 Å². The maximum atomic E-state index is 6.18. The lowest BCUT2D eigenvalue weighted by Gasteiger charge is -2.11. The van der Waals surface area contributed by atoms with Crippen molar-refractivity contribution in [1.82, 2.24) is 9.78 Å². The Morgan fingerprint density at radius 1 is 1.67 bits per heavy atom.